The van der Waals surface area contributed by atoms with E-state index in [4.69, 9.17) is 11.6 Å². The van der Waals surface area contributed by atoms with Crippen molar-refractivity contribution in [2.45, 2.75) is 45.1 Å². The summed E-state index contributed by atoms with van der Waals surface area (Å²) in [6, 6.07) is 6.79. The fourth-order valence-electron chi connectivity index (χ4n) is 1.89. The average Bonchev–Trinajstić information content (AvgIpc) is 2.27. The molecule has 0 heterocycles. The summed E-state index contributed by atoms with van der Waals surface area (Å²) in [6.07, 6.45) is 0.607. The average molecular weight is 304 g/mol. The molecule has 0 aliphatic heterocycles. The monoisotopic (exact) mass is 303 g/mol. The van der Waals surface area contributed by atoms with Crippen molar-refractivity contribution in [3.8, 4) is 0 Å². The quantitative estimate of drug-likeness (QED) is 0.848. The zero-order valence-corrected chi connectivity index (χ0v) is 13.5. The molecule has 0 radical (unpaired) electrons. The maximum atomic E-state index is 12.4. The standard InChI is InChI=1S/C14H22ClNO2S/c1-11-7-5-6-8-12(11)19(17,18)16-13(9-10-15)14(2,3)4/h5-8,13,16H,9-10H2,1-4H3. The zero-order chi connectivity index (χ0) is 14.7. The first-order chi connectivity index (χ1) is 8.68. The lowest BCUT2D eigenvalue weighted by atomic mass is 9.86. The van der Waals surface area contributed by atoms with Gasteiger partial charge in [-0.25, -0.2) is 13.1 Å². The maximum absolute atomic E-state index is 12.4. The number of alkyl halides is 1. The third-order valence-corrected chi connectivity index (χ3v) is 4.97. The van der Waals surface area contributed by atoms with Crippen LogP contribution < -0.4 is 4.72 Å². The Morgan fingerprint density at radius 3 is 2.32 bits per heavy atom. The highest BCUT2D eigenvalue weighted by Gasteiger charge is 2.29. The van der Waals surface area contributed by atoms with Crippen LogP contribution in [0, 0.1) is 12.3 Å². The number of hydrogen-bond donors (Lipinski definition) is 1. The van der Waals surface area contributed by atoms with Crippen molar-refractivity contribution in [1.82, 2.24) is 4.72 Å². The van der Waals surface area contributed by atoms with Gasteiger partial charge in [-0.1, -0.05) is 39.0 Å². The van der Waals surface area contributed by atoms with Crippen LogP contribution in [0.25, 0.3) is 0 Å². The van der Waals surface area contributed by atoms with Gasteiger partial charge in [-0.05, 0) is 30.4 Å². The van der Waals surface area contributed by atoms with Crippen LogP contribution in [0.2, 0.25) is 0 Å². The summed E-state index contributed by atoms with van der Waals surface area (Å²) < 4.78 is 27.6. The van der Waals surface area contributed by atoms with E-state index in [1.165, 1.54) is 0 Å². The summed E-state index contributed by atoms with van der Waals surface area (Å²) in [5.74, 6) is 0.429. The highest BCUT2D eigenvalue weighted by Crippen LogP contribution is 2.25. The third kappa shape index (κ3) is 4.48. The molecule has 1 atom stereocenters. The fourth-order valence-corrected chi connectivity index (χ4v) is 3.83. The van der Waals surface area contributed by atoms with Crippen molar-refractivity contribution >= 4 is 21.6 Å². The lowest BCUT2D eigenvalue weighted by Gasteiger charge is -2.31. The second kappa shape index (κ2) is 6.25. The third-order valence-electron chi connectivity index (χ3n) is 3.12. The van der Waals surface area contributed by atoms with E-state index >= 15 is 0 Å². The minimum absolute atomic E-state index is 0.176. The van der Waals surface area contributed by atoms with Crippen molar-refractivity contribution in [3.63, 3.8) is 0 Å². The first-order valence-corrected chi connectivity index (χ1v) is 8.34. The molecule has 0 aliphatic rings. The normalized spacial score (nSPS) is 14.4. The number of halogens is 1. The molecule has 1 rings (SSSR count). The van der Waals surface area contributed by atoms with E-state index < -0.39 is 10.0 Å². The topological polar surface area (TPSA) is 46.2 Å². The van der Waals surface area contributed by atoms with Gasteiger partial charge in [0.15, 0.2) is 0 Å². The smallest absolute Gasteiger partial charge is 0.207 e. The lowest BCUT2D eigenvalue weighted by molar-refractivity contribution is 0.292. The molecule has 0 saturated carbocycles. The fraction of sp³-hybridized carbons (Fsp3) is 0.571. The minimum Gasteiger partial charge on any atom is -0.207 e. The molecule has 1 unspecified atom stereocenters. The molecule has 19 heavy (non-hydrogen) atoms. The van der Waals surface area contributed by atoms with Gasteiger partial charge in [0, 0.05) is 11.9 Å². The molecule has 0 saturated heterocycles. The van der Waals surface area contributed by atoms with Crippen LogP contribution in [-0.2, 0) is 10.0 Å². The van der Waals surface area contributed by atoms with Gasteiger partial charge in [-0.15, -0.1) is 11.6 Å². The molecule has 1 N–H and O–H groups in total. The number of hydrogen-bond acceptors (Lipinski definition) is 2. The molecule has 0 amide bonds. The Balaban J connectivity index is 3.05. The van der Waals surface area contributed by atoms with Gasteiger partial charge >= 0.3 is 0 Å². The van der Waals surface area contributed by atoms with Gasteiger partial charge in [-0.2, -0.15) is 0 Å². The predicted molar refractivity (Wildman–Crippen MR) is 80.1 cm³/mol. The highest BCUT2D eigenvalue weighted by molar-refractivity contribution is 7.89. The molecule has 0 aliphatic carbocycles. The molecule has 0 bridgehead atoms. The summed E-state index contributed by atoms with van der Waals surface area (Å²) in [6.45, 7) is 7.81. The Bertz CT molecular complexity index is 520. The van der Waals surface area contributed by atoms with E-state index in [-0.39, 0.29) is 11.5 Å². The second-order valence-electron chi connectivity index (χ2n) is 5.78. The van der Waals surface area contributed by atoms with E-state index in [1.54, 1.807) is 25.1 Å². The number of aryl methyl sites for hydroxylation is 1. The van der Waals surface area contributed by atoms with Gasteiger partial charge in [0.05, 0.1) is 4.90 Å². The van der Waals surface area contributed by atoms with Crippen molar-refractivity contribution in [2.24, 2.45) is 5.41 Å². The van der Waals surface area contributed by atoms with E-state index in [2.05, 4.69) is 4.72 Å². The molecule has 108 valence electrons. The van der Waals surface area contributed by atoms with Crippen LogP contribution in [0.3, 0.4) is 0 Å². The predicted octanol–water partition coefficient (Wildman–Crippen LogP) is 3.32. The van der Waals surface area contributed by atoms with Crippen LogP contribution in [-0.4, -0.2) is 20.3 Å². The summed E-state index contributed by atoms with van der Waals surface area (Å²) in [4.78, 5) is 0.332. The van der Waals surface area contributed by atoms with Crippen LogP contribution >= 0.6 is 11.6 Å². The van der Waals surface area contributed by atoms with Crippen molar-refractivity contribution in [3.05, 3.63) is 29.8 Å². The molecule has 1 aromatic carbocycles. The second-order valence-corrected chi connectivity index (χ2v) is 7.84. The maximum Gasteiger partial charge on any atom is 0.241 e. The summed E-state index contributed by atoms with van der Waals surface area (Å²) >= 11 is 5.77. The molecule has 1 aromatic rings. The summed E-state index contributed by atoms with van der Waals surface area (Å²) in [5.41, 5.74) is 0.568. The minimum atomic E-state index is -3.50. The lowest BCUT2D eigenvalue weighted by Crippen LogP contribution is -2.44. The number of benzene rings is 1. The Morgan fingerprint density at radius 2 is 1.84 bits per heavy atom. The molecule has 5 heteroatoms. The van der Waals surface area contributed by atoms with Gasteiger partial charge in [-0.3, -0.25) is 0 Å². The molecule has 0 fully saturated rings. The van der Waals surface area contributed by atoms with Crippen LogP contribution in [0.4, 0.5) is 0 Å². The Hall–Kier alpha value is -0.580. The van der Waals surface area contributed by atoms with Gasteiger partial charge in [0.1, 0.15) is 0 Å². The number of nitrogens with one attached hydrogen (secondary N) is 1. The molecule has 0 aromatic heterocycles. The van der Waals surface area contributed by atoms with E-state index in [1.807, 2.05) is 26.8 Å². The largest absolute Gasteiger partial charge is 0.241 e. The molecular formula is C14H22ClNO2S. The molecule has 3 nitrogen and oxygen atoms in total. The summed E-state index contributed by atoms with van der Waals surface area (Å²) in [7, 11) is -3.50. The van der Waals surface area contributed by atoms with Crippen molar-refractivity contribution in [2.75, 3.05) is 5.88 Å². The van der Waals surface area contributed by atoms with Gasteiger partial charge in [0.2, 0.25) is 10.0 Å². The van der Waals surface area contributed by atoms with Gasteiger partial charge < -0.3 is 0 Å². The molecular weight excluding hydrogens is 282 g/mol. The van der Waals surface area contributed by atoms with Crippen LogP contribution in [0.1, 0.15) is 32.8 Å². The van der Waals surface area contributed by atoms with E-state index in [0.29, 0.717) is 17.2 Å². The Labute approximate surface area is 121 Å². The first kappa shape index (κ1) is 16.5. The summed E-state index contributed by atoms with van der Waals surface area (Å²) in [5, 5.41) is 0. The molecule has 0 spiro atoms. The van der Waals surface area contributed by atoms with Crippen LogP contribution in [0.15, 0.2) is 29.2 Å². The van der Waals surface area contributed by atoms with E-state index in [0.717, 1.165) is 5.56 Å². The highest BCUT2D eigenvalue weighted by atomic mass is 35.5. The number of sulfonamides is 1. The number of rotatable bonds is 5. The van der Waals surface area contributed by atoms with Crippen molar-refractivity contribution in [1.29, 1.82) is 0 Å². The van der Waals surface area contributed by atoms with Crippen LogP contribution in [0.5, 0.6) is 0 Å². The first-order valence-electron chi connectivity index (χ1n) is 6.32. The van der Waals surface area contributed by atoms with Gasteiger partial charge in [0.25, 0.3) is 0 Å². The zero-order valence-electron chi connectivity index (χ0n) is 11.9. The van der Waals surface area contributed by atoms with E-state index in [9.17, 15) is 8.42 Å². The Morgan fingerprint density at radius 1 is 1.26 bits per heavy atom. The Kier molecular flexibility index (Phi) is 5.42. The van der Waals surface area contributed by atoms with Crippen molar-refractivity contribution < 1.29 is 8.42 Å². The SMILES string of the molecule is Cc1ccccc1S(=O)(=O)NC(CCCl)C(C)(C)C.